The van der Waals surface area contributed by atoms with E-state index < -0.39 is 12.1 Å². The predicted molar refractivity (Wildman–Crippen MR) is 118 cm³/mol. The van der Waals surface area contributed by atoms with E-state index in [1.807, 2.05) is 13.8 Å². The second-order valence-corrected chi connectivity index (χ2v) is 8.94. The van der Waals surface area contributed by atoms with Crippen LogP contribution in [0.4, 0.5) is 10.1 Å². The molecule has 0 aromatic heterocycles. The summed E-state index contributed by atoms with van der Waals surface area (Å²) < 4.78 is 20.5. The normalized spacial score (nSPS) is 12.1. The van der Waals surface area contributed by atoms with Gasteiger partial charge in [0.05, 0.1) is 19.7 Å². The number of carbonyl (C=O) groups is 1. The van der Waals surface area contributed by atoms with E-state index in [4.69, 9.17) is 33.0 Å². The average molecular weight is 558 g/mol. The Balaban J connectivity index is 2.21. The maximum Gasteiger partial charge on any atom is 0.338 e. The Morgan fingerprint density at radius 1 is 1.21 bits per heavy atom. The number of aliphatic carboxylic acids is 1. The highest BCUT2D eigenvalue weighted by Crippen LogP contribution is 2.37. The molecule has 0 heterocycles. The van der Waals surface area contributed by atoms with Gasteiger partial charge in [-0.05, 0) is 75.5 Å². The van der Waals surface area contributed by atoms with Crippen LogP contribution in [0.1, 0.15) is 25.0 Å². The molecule has 0 saturated carbocycles. The van der Waals surface area contributed by atoms with Gasteiger partial charge in [-0.2, -0.15) is 0 Å². The SMILES string of the molecule is CC(C)Nc1cc(Cl)cc(COc2c(Br)cc(CC(F)C(=O)O)cc2Br)c1Cl. The standard InChI is InChI=1S/C19H18Br2Cl2FNO3/c1-9(2)25-16-7-12(22)6-11(17(16)23)8-28-18-13(20)3-10(4-14(18)21)5-15(24)19(26)27/h3-4,6-7,9,15,25H,5,8H2,1-2H3,(H,26,27). The molecular formula is C19H18Br2Cl2FNO3. The van der Waals surface area contributed by atoms with Crippen molar-refractivity contribution in [1.82, 2.24) is 0 Å². The first-order chi connectivity index (χ1) is 13.1. The minimum atomic E-state index is -1.97. The van der Waals surface area contributed by atoms with E-state index in [1.54, 1.807) is 24.3 Å². The molecule has 0 spiro atoms. The smallest absolute Gasteiger partial charge is 0.338 e. The largest absolute Gasteiger partial charge is 0.486 e. The third-order valence-electron chi connectivity index (χ3n) is 3.67. The summed E-state index contributed by atoms with van der Waals surface area (Å²) in [7, 11) is 0. The van der Waals surface area contributed by atoms with Gasteiger partial charge in [-0.15, -0.1) is 0 Å². The van der Waals surface area contributed by atoms with Gasteiger partial charge >= 0.3 is 5.97 Å². The molecular weight excluding hydrogens is 540 g/mol. The second-order valence-electron chi connectivity index (χ2n) is 6.41. The van der Waals surface area contributed by atoms with Crippen LogP contribution in [0.15, 0.2) is 33.2 Å². The van der Waals surface area contributed by atoms with Crippen molar-refractivity contribution in [1.29, 1.82) is 0 Å². The topological polar surface area (TPSA) is 58.6 Å². The molecule has 1 atom stereocenters. The van der Waals surface area contributed by atoms with E-state index in [1.165, 1.54) is 0 Å². The number of rotatable bonds is 8. The zero-order valence-electron chi connectivity index (χ0n) is 15.0. The van der Waals surface area contributed by atoms with Crippen LogP contribution in [-0.2, 0) is 17.8 Å². The predicted octanol–water partition coefficient (Wildman–Crippen LogP) is 6.88. The summed E-state index contributed by atoms with van der Waals surface area (Å²) in [5.74, 6) is -1.00. The maximum atomic E-state index is 13.5. The molecule has 4 nitrogen and oxygen atoms in total. The highest BCUT2D eigenvalue weighted by atomic mass is 79.9. The minimum Gasteiger partial charge on any atom is -0.486 e. The number of alkyl halides is 1. The lowest BCUT2D eigenvalue weighted by Crippen LogP contribution is -2.17. The summed E-state index contributed by atoms with van der Waals surface area (Å²) in [6.45, 7) is 4.15. The van der Waals surface area contributed by atoms with E-state index in [9.17, 15) is 9.18 Å². The minimum absolute atomic E-state index is 0.156. The van der Waals surface area contributed by atoms with Crippen LogP contribution < -0.4 is 10.1 Å². The van der Waals surface area contributed by atoms with E-state index >= 15 is 0 Å². The van der Waals surface area contributed by atoms with Crippen molar-refractivity contribution in [3.05, 3.63) is 54.4 Å². The Morgan fingerprint density at radius 3 is 2.36 bits per heavy atom. The number of halogens is 5. The molecule has 0 saturated heterocycles. The summed E-state index contributed by atoms with van der Waals surface area (Å²) in [4.78, 5) is 10.7. The Morgan fingerprint density at radius 2 is 1.82 bits per heavy atom. The quantitative estimate of drug-likeness (QED) is 0.371. The molecule has 9 heteroatoms. The number of hydrogen-bond acceptors (Lipinski definition) is 3. The van der Waals surface area contributed by atoms with Crippen LogP contribution in [0, 0.1) is 0 Å². The van der Waals surface area contributed by atoms with E-state index in [0.29, 0.717) is 35.9 Å². The third-order valence-corrected chi connectivity index (χ3v) is 5.51. The maximum absolute atomic E-state index is 13.5. The summed E-state index contributed by atoms with van der Waals surface area (Å²) in [5.41, 5.74) is 1.94. The molecule has 152 valence electrons. The van der Waals surface area contributed by atoms with Crippen LogP contribution in [0.2, 0.25) is 10.0 Å². The summed E-state index contributed by atoms with van der Waals surface area (Å²) in [5, 5.41) is 13.0. The fourth-order valence-corrected chi connectivity index (χ4v) is 4.45. The van der Waals surface area contributed by atoms with Gasteiger partial charge in [-0.25, -0.2) is 9.18 Å². The van der Waals surface area contributed by atoms with Gasteiger partial charge in [0, 0.05) is 23.0 Å². The van der Waals surface area contributed by atoms with Crippen LogP contribution in [-0.4, -0.2) is 23.3 Å². The fraction of sp³-hybridized carbons (Fsp3) is 0.316. The van der Waals surface area contributed by atoms with Crippen molar-refractivity contribution >= 4 is 66.7 Å². The van der Waals surface area contributed by atoms with Crippen molar-refractivity contribution in [3.63, 3.8) is 0 Å². The molecule has 2 aromatic rings. The van der Waals surface area contributed by atoms with Gasteiger partial charge < -0.3 is 15.2 Å². The number of ether oxygens (including phenoxy) is 1. The van der Waals surface area contributed by atoms with Crippen molar-refractivity contribution in [3.8, 4) is 5.75 Å². The first-order valence-corrected chi connectivity index (χ1v) is 10.6. The Kier molecular flexibility index (Phi) is 8.43. The van der Waals surface area contributed by atoms with Gasteiger partial charge in [0.1, 0.15) is 12.4 Å². The molecule has 1 unspecified atom stereocenters. The Bertz CT molecular complexity index is 857. The van der Waals surface area contributed by atoms with Crippen molar-refractivity contribution < 1.29 is 19.0 Å². The average Bonchev–Trinajstić information content (AvgIpc) is 2.57. The van der Waals surface area contributed by atoms with Gasteiger partial charge in [0.15, 0.2) is 0 Å². The number of hydrogen-bond donors (Lipinski definition) is 2. The monoisotopic (exact) mass is 555 g/mol. The Labute approximate surface area is 189 Å². The lowest BCUT2D eigenvalue weighted by Gasteiger charge is -2.17. The van der Waals surface area contributed by atoms with Crippen molar-refractivity contribution in [2.75, 3.05) is 5.32 Å². The molecule has 0 radical (unpaired) electrons. The first kappa shape index (κ1) is 23.3. The summed E-state index contributed by atoms with van der Waals surface area (Å²) in [6, 6.07) is 6.92. The van der Waals surface area contributed by atoms with E-state index in [2.05, 4.69) is 37.2 Å². The van der Waals surface area contributed by atoms with Gasteiger partial charge in [0.25, 0.3) is 0 Å². The number of nitrogens with one attached hydrogen (secondary N) is 1. The summed E-state index contributed by atoms with van der Waals surface area (Å²) in [6.07, 6.45) is -2.21. The van der Waals surface area contributed by atoms with E-state index in [-0.39, 0.29) is 19.1 Å². The zero-order chi connectivity index (χ0) is 21.0. The summed E-state index contributed by atoms with van der Waals surface area (Å²) >= 11 is 19.4. The number of carboxylic acids is 1. The lowest BCUT2D eigenvalue weighted by molar-refractivity contribution is -0.142. The zero-order valence-corrected chi connectivity index (χ0v) is 19.7. The fourth-order valence-electron chi connectivity index (χ4n) is 2.48. The first-order valence-electron chi connectivity index (χ1n) is 8.30. The molecule has 0 aliphatic heterocycles. The molecule has 0 aliphatic rings. The molecule has 28 heavy (non-hydrogen) atoms. The molecule has 2 aromatic carbocycles. The van der Waals surface area contributed by atoms with Crippen LogP contribution in [0.5, 0.6) is 5.75 Å². The highest BCUT2D eigenvalue weighted by Gasteiger charge is 2.19. The number of anilines is 1. The molecule has 0 bridgehead atoms. The van der Waals surface area contributed by atoms with Crippen molar-refractivity contribution in [2.45, 2.75) is 39.1 Å². The molecule has 0 fully saturated rings. The third kappa shape index (κ3) is 6.24. The van der Waals surface area contributed by atoms with Crippen LogP contribution in [0.25, 0.3) is 0 Å². The molecule has 2 N–H and O–H groups in total. The Hall–Kier alpha value is -1.02. The number of carboxylic acid groups (broad SMARTS) is 1. The molecule has 2 rings (SSSR count). The van der Waals surface area contributed by atoms with E-state index in [0.717, 1.165) is 5.69 Å². The highest BCUT2D eigenvalue weighted by molar-refractivity contribution is 9.11. The van der Waals surface area contributed by atoms with Crippen LogP contribution >= 0.6 is 55.1 Å². The second kappa shape index (κ2) is 10.1. The van der Waals surface area contributed by atoms with Gasteiger partial charge in [-0.3, -0.25) is 0 Å². The van der Waals surface area contributed by atoms with Gasteiger partial charge in [-0.1, -0.05) is 23.2 Å². The molecule has 0 aliphatic carbocycles. The number of benzene rings is 2. The lowest BCUT2D eigenvalue weighted by atomic mass is 10.1. The van der Waals surface area contributed by atoms with Crippen LogP contribution in [0.3, 0.4) is 0 Å². The van der Waals surface area contributed by atoms with Crippen molar-refractivity contribution in [2.24, 2.45) is 0 Å². The molecule has 0 amide bonds. The van der Waals surface area contributed by atoms with Gasteiger partial charge in [0.2, 0.25) is 6.17 Å².